The Kier molecular flexibility index (Phi) is 7.05. The molecule has 2 N–H and O–H groups in total. The van der Waals surface area contributed by atoms with Gasteiger partial charge in [-0.2, -0.15) is 4.39 Å². The van der Waals surface area contributed by atoms with Crippen molar-refractivity contribution in [3.05, 3.63) is 34.6 Å². The highest BCUT2D eigenvalue weighted by molar-refractivity contribution is 7.97. The Morgan fingerprint density at radius 2 is 2.19 bits per heavy atom. The highest BCUT2D eigenvalue weighted by Gasteiger charge is 2.38. The molecule has 3 heterocycles. The van der Waals surface area contributed by atoms with Crippen molar-refractivity contribution in [3.8, 4) is 0 Å². The molecule has 0 radical (unpaired) electrons. The van der Waals surface area contributed by atoms with Gasteiger partial charge >= 0.3 is 0 Å². The molecule has 0 spiro atoms. The maximum Gasteiger partial charge on any atom is 0.191 e. The fourth-order valence-corrected chi connectivity index (χ4v) is 5.04. The fourth-order valence-electron chi connectivity index (χ4n) is 4.03. The van der Waals surface area contributed by atoms with Crippen LogP contribution in [0.3, 0.4) is 0 Å². The first kappa shape index (κ1) is 22.8. The molecule has 2 saturated heterocycles. The van der Waals surface area contributed by atoms with Gasteiger partial charge in [-0.05, 0) is 43.7 Å². The average Bonchev–Trinajstić information content (AvgIpc) is 3.14. The third-order valence-electron chi connectivity index (χ3n) is 6.15. The Balaban J connectivity index is 1.46. The third kappa shape index (κ3) is 4.99. The number of nitrogens with one attached hydrogen (secondary N) is 2. The van der Waals surface area contributed by atoms with E-state index in [4.69, 9.17) is 16.3 Å². The summed E-state index contributed by atoms with van der Waals surface area (Å²) in [5.74, 6) is -1.83. The first-order valence-electron chi connectivity index (χ1n) is 10.6. The Bertz CT molecular complexity index is 896. The van der Waals surface area contributed by atoms with E-state index in [0.29, 0.717) is 37.1 Å². The number of rotatable bonds is 8. The van der Waals surface area contributed by atoms with Crippen LogP contribution in [0.1, 0.15) is 39.0 Å². The number of nitrogens with zero attached hydrogens (tertiary/aromatic N) is 2. The molecule has 170 valence electrons. The minimum Gasteiger partial charge on any atom is -0.377 e. The number of allylic oxidation sites excluding steroid dienone is 1. The first-order chi connectivity index (χ1) is 14.9. The number of anilines is 1. The maximum atomic E-state index is 15.0. The van der Waals surface area contributed by atoms with Crippen LogP contribution < -0.4 is 14.9 Å². The van der Waals surface area contributed by atoms with Crippen LogP contribution >= 0.6 is 23.5 Å². The second-order valence-electron chi connectivity index (χ2n) is 8.12. The fraction of sp³-hybridized carbons (Fsp3) is 0.571. The van der Waals surface area contributed by atoms with E-state index in [1.807, 2.05) is 4.90 Å². The van der Waals surface area contributed by atoms with E-state index in [1.54, 1.807) is 6.08 Å². The van der Waals surface area contributed by atoms with Crippen molar-refractivity contribution in [2.24, 2.45) is 4.99 Å². The van der Waals surface area contributed by atoms with Gasteiger partial charge in [0.05, 0.1) is 11.8 Å². The Hall–Kier alpha value is -1.42. The van der Waals surface area contributed by atoms with Gasteiger partial charge in [0.15, 0.2) is 11.8 Å². The number of ether oxygens (including phenoxy) is 1. The summed E-state index contributed by atoms with van der Waals surface area (Å²) in [5.41, 5.74) is 0.207. The van der Waals surface area contributed by atoms with Gasteiger partial charge in [0, 0.05) is 44.3 Å². The topological polar surface area (TPSA) is 48.9 Å². The first-order valence-corrected chi connectivity index (χ1v) is 11.8. The van der Waals surface area contributed by atoms with Gasteiger partial charge in [0.2, 0.25) is 0 Å². The molecular formula is C21H26ClF3N4OS. The molecule has 10 heteroatoms. The van der Waals surface area contributed by atoms with E-state index in [-0.39, 0.29) is 33.8 Å². The van der Waals surface area contributed by atoms with Crippen LogP contribution in [0.4, 0.5) is 18.9 Å². The zero-order chi connectivity index (χ0) is 22.0. The molecule has 0 bridgehead atoms. The quantitative estimate of drug-likeness (QED) is 0.412. The van der Waals surface area contributed by atoms with Gasteiger partial charge in [-0.1, -0.05) is 18.5 Å². The van der Waals surface area contributed by atoms with Gasteiger partial charge in [0.1, 0.15) is 21.6 Å². The predicted molar refractivity (Wildman–Crippen MR) is 118 cm³/mol. The normalized spacial score (nSPS) is 25.8. The zero-order valence-electron chi connectivity index (χ0n) is 17.3. The lowest BCUT2D eigenvalue weighted by atomic mass is 9.94. The molecule has 3 aliphatic rings. The molecule has 1 aromatic carbocycles. The maximum absolute atomic E-state index is 15.0. The number of aliphatic imine (C=N–C) groups is 1. The molecule has 5 nitrogen and oxygen atoms in total. The molecule has 0 amide bonds. The van der Waals surface area contributed by atoms with Crippen LogP contribution in [0.2, 0.25) is 5.02 Å². The van der Waals surface area contributed by atoms with Crippen LogP contribution in [0, 0.1) is 11.6 Å². The number of halogens is 4. The highest BCUT2D eigenvalue weighted by Crippen LogP contribution is 2.39. The summed E-state index contributed by atoms with van der Waals surface area (Å²) >= 11 is 7.02. The molecule has 0 saturated carbocycles. The van der Waals surface area contributed by atoms with Gasteiger partial charge < -0.3 is 19.7 Å². The molecule has 2 unspecified atom stereocenters. The van der Waals surface area contributed by atoms with E-state index in [2.05, 4.69) is 22.0 Å². The largest absolute Gasteiger partial charge is 0.377 e. The van der Waals surface area contributed by atoms with Crippen LogP contribution in [0.15, 0.2) is 27.9 Å². The van der Waals surface area contributed by atoms with Crippen molar-refractivity contribution < 1.29 is 17.9 Å². The lowest BCUT2D eigenvalue weighted by molar-refractivity contribution is -0.0517. The molecule has 31 heavy (non-hydrogen) atoms. The Labute approximate surface area is 189 Å². The van der Waals surface area contributed by atoms with Gasteiger partial charge in [-0.15, -0.1) is 0 Å². The van der Waals surface area contributed by atoms with Crippen molar-refractivity contribution in [1.29, 1.82) is 0 Å². The van der Waals surface area contributed by atoms with Crippen molar-refractivity contribution in [2.75, 3.05) is 31.1 Å². The summed E-state index contributed by atoms with van der Waals surface area (Å²) in [6, 6.07) is 1.27. The van der Waals surface area contributed by atoms with Crippen LogP contribution in [0.25, 0.3) is 0 Å². The van der Waals surface area contributed by atoms with Gasteiger partial charge in [-0.3, -0.25) is 0 Å². The molecule has 3 aliphatic heterocycles. The second-order valence-corrected chi connectivity index (χ2v) is 9.32. The van der Waals surface area contributed by atoms with E-state index in [9.17, 15) is 13.2 Å². The van der Waals surface area contributed by atoms with E-state index >= 15 is 0 Å². The lowest BCUT2D eigenvalue weighted by Crippen LogP contribution is -2.51. The van der Waals surface area contributed by atoms with E-state index < -0.39 is 17.6 Å². The standard InChI is InChI=1S/C21H26ClF3N4OS/c1-2-21(26-11-13-6-9-30-13)7-8-29(12-21)15-10-14(23)20(19(25)18(15)22)31-28-17-5-3-4-16(24)27-17/h5,10,13,26,28H,2-4,6-9,11-12H2,1H3. The van der Waals surface area contributed by atoms with Crippen molar-refractivity contribution in [1.82, 2.24) is 10.0 Å². The monoisotopic (exact) mass is 474 g/mol. The minimum atomic E-state index is -0.833. The summed E-state index contributed by atoms with van der Waals surface area (Å²) < 4.78 is 51.3. The van der Waals surface area contributed by atoms with Crippen LogP contribution in [-0.2, 0) is 4.74 Å². The summed E-state index contributed by atoms with van der Waals surface area (Å²) in [4.78, 5) is 5.36. The highest BCUT2D eigenvalue weighted by atomic mass is 35.5. The Morgan fingerprint density at radius 1 is 1.39 bits per heavy atom. The van der Waals surface area contributed by atoms with Crippen LogP contribution in [-0.4, -0.2) is 43.8 Å². The van der Waals surface area contributed by atoms with E-state index in [1.165, 1.54) is 6.07 Å². The molecule has 4 rings (SSSR count). The van der Waals surface area contributed by atoms with Crippen LogP contribution in [0.5, 0.6) is 0 Å². The second kappa shape index (κ2) is 9.60. The predicted octanol–water partition coefficient (Wildman–Crippen LogP) is 4.96. The minimum absolute atomic E-state index is 0.118. The van der Waals surface area contributed by atoms with Gasteiger partial charge in [0.25, 0.3) is 0 Å². The van der Waals surface area contributed by atoms with Gasteiger partial charge in [-0.25, -0.2) is 13.8 Å². The number of hydrogen-bond donors (Lipinski definition) is 2. The number of hydrogen-bond acceptors (Lipinski definition) is 6. The molecular weight excluding hydrogens is 449 g/mol. The lowest BCUT2D eigenvalue weighted by Gasteiger charge is -2.34. The summed E-state index contributed by atoms with van der Waals surface area (Å²) in [6.07, 6.45) is 5.44. The Morgan fingerprint density at radius 3 is 2.87 bits per heavy atom. The molecule has 2 atom stereocenters. The van der Waals surface area contributed by atoms with Crippen molar-refractivity contribution in [2.45, 2.75) is 55.6 Å². The van der Waals surface area contributed by atoms with E-state index in [0.717, 1.165) is 32.4 Å². The van der Waals surface area contributed by atoms with Crippen molar-refractivity contribution in [3.63, 3.8) is 0 Å². The average molecular weight is 475 g/mol. The van der Waals surface area contributed by atoms with Crippen molar-refractivity contribution >= 4 is 35.2 Å². The smallest absolute Gasteiger partial charge is 0.191 e. The SMILES string of the molecule is CCC1(NCC2CCO2)CCN(c2cc(F)c(SNC3=CCCC(F)=N3)c(F)c2Cl)C1. The molecule has 0 aliphatic carbocycles. The molecule has 2 fully saturated rings. The third-order valence-corrected chi connectivity index (χ3v) is 7.40. The summed E-state index contributed by atoms with van der Waals surface area (Å²) in [7, 11) is 0. The molecule has 1 aromatic rings. The molecule has 0 aromatic heterocycles. The summed E-state index contributed by atoms with van der Waals surface area (Å²) in [5, 5.41) is 3.49. The zero-order valence-corrected chi connectivity index (χ0v) is 18.9. The number of benzene rings is 1. The summed E-state index contributed by atoms with van der Waals surface area (Å²) in [6.45, 7) is 4.95.